The average molecular weight is 485 g/mol. The molecule has 1 aliphatic heterocycles. The van der Waals surface area contributed by atoms with E-state index < -0.39 is 17.2 Å². The normalized spacial score (nSPS) is 23.3. The molecule has 1 saturated heterocycles. The van der Waals surface area contributed by atoms with Gasteiger partial charge >= 0.3 is 6.01 Å². The molecule has 30 heavy (non-hydrogen) atoms. The highest BCUT2D eigenvalue weighted by atomic mass is 79.9. The summed E-state index contributed by atoms with van der Waals surface area (Å²) in [4.78, 5) is 12.8. The van der Waals surface area contributed by atoms with Crippen molar-refractivity contribution >= 4 is 32.7 Å². The molecule has 0 spiro atoms. The minimum atomic E-state index is -0.896. The van der Waals surface area contributed by atoms with Crippen LogP contribution < -0.4 is 9.64 Å². The lowest BCUT2D eigenvalue weighted by Gasteiger charge is -2.38. The van der Waals surface area contributed by atoms with Crippen LogP contribution in [0.1, 0.15) is 32.6 Å². The first kappa shape index (κ1) is 21.6. The Morgan fingerprint density at radius 3 is 2.63 bits per heavy atom. The highest BCUT2D eigenvalue weighted by Crippen LogP contribution is 2.46. The Hall–Kier alpha value is -1.58. The Morgan fingerprint density at radius 1 is 1.27 bits per heavy atom. The zero-order valence-corrected chi connectivity index (χ0v) is 19.1. The van der Waals surface area contributed by atoms with Gasteiger partial charge in [-0.05, 0) is 68.7 Å². The van der Waals surface area contributed by atoms with Gasteiger partial charge in [0.15, 0.2) is 5.82 Å². The summed E-state index contributed by atoms with van der Waals surface area (Å²) in [5.74, 6) is -1.11. The number of fused-ring (bicyclic) bond motifs is 1. The Kier molecular flexibility index (Phi) is 5.65. The van der Waals surface area contributed by atoms with Crippen LogP contribution >= 0.6 is 15.9 Å². The number of halogens is 3. The first-order chi connectivity index (χ1) is 14.1. The zero-order valence-electron chi connectivity index (χ0n) is 17.5. The van der Waals surface area contributed by atoms with Gasteiger partial charge in [0.05, 0.1) is 16.7 Å². The number of nitrogens with zero attached hydrogens (tertiary/aromatic N) is 4. The van der Waals surface area contributed by atoms with Crippen LogP contribution in [0, 0.1) is 17.0 Å². The number of ether oxygens (including phenoxy) is 1. The minimum Gasteiger partial charge on any atom is -0.463 e. The van der Waals surface area contributed by atoms with E-state index in [0.29, 0.717) is 31.9 Å². The second-order valence-corrected chi connectivity index (χ2v) is 10.1. The van der Waals surface area contributed by atoms with E-state index in [9.17, 15) is 13.9 Å². The third-order valence-electron chi connectivity index (χ3n) is 5.88. The predicted molar refractivity (Wildman–Crippen MR) is 115 cm³/mol. The number of anilines is 1. The van der Waals surface area contributed by atoms with E-state index in [1.807, 2.05) is 19.0 Å². The summed E-state index contributed by atoms with van der Waals surface area (Å²) in [6, 6.07) is 1.31. The van der Waals surface area contributed by atoms with Crippen LogP contribution in [0.25, 0.3) is 10.9 Å². The van der Waals surface area contributed by atoms with Gasteiger partial charge in [-0.1, -0.05) is 0 Å². The maximum absolute atomic E-state index is 14.9. The fraction of sp³-hybridized carbons (Fsp3) is 0.619. The van der Waals surface area contributed by atoms with Gasteiger partial charge in [0.2, 0.25) is 0 Å². The molecule has 2 fully saturated rings. The van der Waals surface area contributed by atoms with Crippen molar-refractivity contribution < 1.29 is 18.6 Å². The molecule has 0 unspecified atom stereocenters. The van der Waals surface area contributed by atoms with E-state index in [4.69, 9.17) is 4.74 Å². The quantitative estimate of drug-likeness (QED) is 0.630. The Balaban J connectivity index is 1.73. The van der Waals surface area contributed by atoms with E-state index in [2.05, 4.69) is 30.8 Å². The molecule has 2 aromatic rings. The lowest BCUT2D eigenvalue weighted by Crippen LogP contribution is -2.46. The molecule has 2 heterocycles. The largest absolute Gasteiger partial charge is 0.463 e. The van der Waals surface area contributed by atoms with Gasteiger partial charge in [0.1, 0.15) is 17.2 Å². The first-order valence-corrected chi connectivity index (χ1v) is 11.0. The maximum atomic E-state index is 14.9. The Morgan fingerprint density at radius 2 is 2.00 bits per heavy atom. The highest BCUT2D eigenvalue weighted by molar-refractivity contribution is 9.10. The zero-order chi connectivity index (χ0) is 21.7. The first-order valence-electron chi connectivity index (χ1n) is 10.2. The molecular weight excluding hydrogens is 458 g/mol. The van der Waals surface area contributed by atoms with Gasteiger partial charge in [0.25, 0.3) is 0 Å². The number of piperidine rings is 1. The lowest BCUT2D eigenvalue weighted by atomic mass is 9.95. The summed E-state index contributed by atoms with van der Waals surface area (Å²) < 4.78 is 34.9. The summed E-state index contributed by atoms with van der Waals surface area (Å²) >= 11 is 2.96. The molecule has 6 nitrogen and oxygen atoms in total. The van der Waals surface area contributed by atoms with Gasteiger partial charge in [-0.15, -0.1) is 0 Å². The number of rotatable bonds is 6. The fourth-order valence-electron chi connectivity index (χ4n) is 4.26. The van der Waals surface area contributed by atoms with Crippen molar-refractivity contribution in [1.82, 2.24) is 14.9 Å². The highest BCUT2D eigenvalue weighted by Gasteiger charge is 2.44. The number of hydrogen-bond donors (Lipinski definition) is 1. The SMILES string of the molecule is CN(C)CC1(COc2nc(N3CCC[C@@](C)(O)C3)c3cc(F)c(Br)c(F)c3n2)CC1. The van der Waals surface area contributed by atoms with Crippen molar-refractivity contribution in [3.8, 4) is 6.01 Å². The molecule has 1 N–H and O–H groups in total. The monoisotopic (exact) mass is 484 g/mol. The smallest absolute Gasteiger partial charge is 0.319 e. The van der Waals surface area contributed by atoms with Crippen molar-refractivity contribution in [3.63, 3.8) is 0 Å². The van der Waals surface area contributed by atoms with Gasteiger partial charge in [-0.3, -0.25) is 0 Å². The lowest BCUT2D eigenvalue weighted by molar-refractivity contribution is 0.0447. The third-order valence-corrected chi connectivity index (χ3v) is 6.60. The molecule has 1 saturated carbocycles. The summed E-state index contributed by atoms with van der Waals surface area (Å²) in [6.45, 7) is 4.05. The van der Waals surface area contributed by atoms with Crippen LogP contribution in [0.4, 0.5) is 14.6 Å². The van der Waals surface area contributed by atoms with Crippen molar-refractivity contribution in [3.05, 3.63) is 22.2 Å². The van der Waals surface area contributed by atoms with Crippen molar-refractivity contribution in [1.29, 1.82) is 0 Å². The minimum absolute atomic E-state index is 0.00551. The second-order valence-electron chi connectivity index (χ2n) is 9.26. The third kappa shape index (κ3) is 4.38. The van der Waals surface area contributed by atoms with Crippen molar-refractivity contribution in [2.45, 2.75) is 38.2 Å². The van der Waals surface area contributed by atoms with E-state index >= 15 is 0 Å². The number of β-amino-alcohol motifs (C(OH)–C–C–N with tert-alkyl or cyclic N) is 1. The summed E-state index contributed by atoms with van der Waals surface area (Å²) in [5, 5.41) is 10.8. The summed E-state index contributed by atoms with van der Waals surface area (Å²) in [5.41, 5.74) is -0.822. The molecule has 1 aromatic carbocycles. The number of aromatic nitrogens is 2. The molecule has 2 aliphatic rings. The standard InChI is InChI=1S/C21H27BrF2N4O2/c1-20(29)5-4-8-28(10-20)18-13-9-14(23)15(22)16(24)17(13)25-19(26-18)30-12-21(6-7-21)11-27(2)3/h9,29H,4-8,10-12H2,1-3H3/t20-/m1/s1. The average Bonchev–Trinajstić information content (AvgIpc) is 3.42. The molecule has 1 atom stereocenters. The van der Waals surface area contributed by atoms with E-state index in [-0.39, 0.29) is 26.8 Å². The van der Waals surface area contributed by atoms with Crippen LogP contribution in [-0.2, 0) is 0 Å². The Bertz CT molecular complexity index is 966. The molecule has 0 amide bonds. The van der Waals surface area contributed by atoms with Crippen LogP contribution in [0.3, 0.4) is 0 Å². The van der Waals surface area contributed by atoms with Crippen LogP contribution in [0.15, 0.2) is 10.5 Å². The van der Waals surface area contributed by atoms with Crippen LogP contribution in [-0.4, -0.2) is 65.9 Å². The van der Waals surface area contributed by atoms with Gasteiger partial charge in [-0.2, -0.15) is 9.97 Å². The molecule has 164 valence electrons. The van der Waals surface area contributed by atoms with E-state index in [1.54, 1.807) is 6.92 Å². The molecular formula is C21H27BrF2N4O2. The molecule has 4 rings (SSSR count). The van der Waals surface area contributed by atoms with Gasteiger partial charge < -0.3 is 19.6 Å². The van der Waals surface area contributed by atoms with Crippen LogP contribution in [0.5, 0.6) is 6.01 Å². The predicted octanol–water partition coefficient (Wildman–Crippen LogP) is 3.74. The maximum Gasteiger partial charge on any atom is 0.319 e. The summed E-state index contributed by atoms with van der Waals surface area (Å²) in [6.07, 6.45) is 3.54. The fourth-order valence-corrected chi connectivity index (χ4v) is 4.56. The molecule has 0 bridgehead atoms. The molecule has 1 aliphatic carbocycles. The van der Waals surface area contributed by atoms with Crippen LogP contribution in [0.2, 0.25) is 0 Å². The number of hydrogen-bond acceptors (Lipinski definition) is 6. The topological polar surface area (TPSA) is 61.7 Å². The van der Waals surface area contributed by atoms with Gasteiger partial charge in [0, 0.05) is 30.4 Å². The Labute approximate surface area is 183 Å². The molecule has 0 radical (unpaired) electrons. The summed E-state index contributed by atoms with van der Waals surface area (Å²) in [7, 11) is 4.04. The number of benzene rings is 1. The van der Waals surface area contributed by atoms with E-state index in [0.717, 1.165) is 25.8 Å². The second kappa shape index (κ2) is 7.84. The molecule has 9 heteroatoms. The van der Waals surface area contributed by atoms with Gasteiger partial charge in [-0.25, -0.2) is 8.78 Å². The van der Waals surface area contributed by atoms with Crippen molar-refractivity contribution in [2.24, 2.45) is 5.41 Å². The molecule has 1 aromatic heterocycles. The van der Waals surface area contributed by atoms with E-state index in [1.165, 1.54) is 6.07 Å². The van der Waals surface area contributed by atoms with Crippen molar-refractivity contribution in [2.75, 3.05) is 45.2 Å². The number of aliphatic hydroxyl groups is 1.